The van der Waals surface area contributed by atoms with Crippen molar-refractivity contribution in [2.45, 2.75) is 18.4 Å². The van der Waals surface area contributed by atoms with Crippen LogP contribution in [0.3, 0.4) is 0 Å². The molecule has 1 fully saturated rings. The second kappa shape index (κ2) is 5.16. The van der Waals surface area contributed by atoms with Crippen molar-refractivity contribution >= 4 is 0 Å². The van der Waals surface area contributed by atoms with Gasteiger partial charge in [0, 0.05) is 0 Å². The van der Waals surface area contributed by atoms with E-state index < -0.39 is 12.3 Å². The van der Waals surface area contributed by atoms with Gasteiger partial charge in [-0.2, -0.15) is 13.2 Å². The van der Waals surface area contributed by atoms with Gasteiger partial charge < -0.3 is 14.2 Å². The highest BCUT2D eigenvalue weighted by Crippen LogP contribution is 2.36. The van der Waals surface area contributed by atoms with E-state index >= 15 is 0 Å². The molecule has 0 bridgehead atoms. The molecule has 0 aliphatic carbocycles. The standard InChI is InChI=1S/C12H13F3O3/c1-16-9-4-2-8(3-5-9)11(12(13,14)15)18-7-10-6-17-10/h2-5,10-11H,6-7H2,1H3/t10-,11+/m1/s1. The van der Waals surface area contributed by atoms with Gasteiger partial charge in [-0.1, -0.05) is 12.1 Å². The van der Waals surface area contributed by atoms with Crippen LogP contribution < -0.4 is 4.74 Å². The predicted octanol–water partition coefficient (Wildman–Crippen LogP) is 2.71. The van der Waals surface area contributed by atoms with Crippen molar-refractivity contribution in [1.82, 2.24) is 0 Å². The van der Waals surface area contributed by atoms with Crippen LogP contribution in [0.25, 0.3) is 0 Å². The van der Waals surface area contributed by atoms with Crippen LogP contribution in [-0.4, -0.2) is 32.6 Å². The van der Waals surface area contributed by atoms with Crippen LogP contribution >= 0.6 is 0 Å². The molecule has 1 heterocycles. The van der Waals surface area contributed by atoms with E-state index in [4.69, 9.17) is 14.2 Å². The zero-order chi connectivity index (χ0) is 13.2. The molecule has 100 valence electrons. The third kappa shape index (κ3) is 3.36. The molecule has 18 heavy (non-hydrogen) atoms. The molecule has 1 aliphatic rings. The molecular weight excluding hydrogens is 249 g/mol. The second-order valence-electron chi connectivity index (χ2n) is 3.98. The zero-order valence-electron chi connectivity index (χ0n) is 9.74. The Labute approximate surface area is 102 Å². The Morgan fingerprint density at radius 2 is 1.94 bits per heavy atom. The van der Waals surface area contributed by atoms with Crippen molar-refractivity contribution in [3.05, 3.63) is 29.8 Å². The molecule has 1 aromatic rings. The largest absolute Gasteiger partial charge is 0.497 e. The number of rotatable bonds is 5. The lowest BCUT2D eigenvalue weighted by Gasteiger charge is -2.21. The van der Waals surface area contributed by atoms with E-state index in [0.29, 0.717) is 12.4 Å². The van der Waals surface area contributed by atoms with Crippen LogP contribution in [0.5, 0.6) is 5.75 Å². The smallest absolute Gasteiger partial charge is 0.418 e. The van der Waals surface area contributed by atoms with E-state index in [-0.39, 0.29) is 18.3 Å². The molecule has 0 N–H and O–H groups in total. The first-order chi connectivity index (χ1) is 8.50. The minimum Gasteiger partial charge on any atom is -0.497 e. The summed E-state index contributed by atoms with van der Waals surface area (Å²) in [4.78, 5) is 0. The fraction of sp³-hybridized carbons (Fsp3) is 0.500. The molecule has 0 unspecified atom stereocenters. The van der Waals surface area contributed by atoms with Gasteiger partial charge in [-0.05, 0) is 17.7 Å². The van der Waals surface area contributed by atoms with Gasteiger partial charge in [0.15, 0.2) is 6.10 Å². The summed E-state index contributed by atoms with van der Waals surface area (Å²) in [5, 5.41) is 0. The van der Waals surface area contributed by atoms with Crippen LogP contribution in [0, 0.1) is 0 Å². The van der Waals surface area contributed by atoms with Crippen LogP contribution in [0.4, 0.5) is 13.2 Å². The Hall–Kier alpha value is -1.27. The Kier molecular flexibility index (Phi) is 3.77. The molecular formula is C12H13F3O3. The Bertz CT molecular complexity index is 385. The first kappa shape index (κ1) is 13.2. The van der Waals surface area contributed by atoms with Crippen molar-refractivity contribution in [3.8, 4) is 5.75 Å². The normalized spacial score (nSPS) is 20.6. The SMILES string of the molecule is COc1ccc([C@H](OC[C@H]2CO2)C(F)(F)F)cc1. The van der Waals surface area contributed by atoms with E-state index in [1.54, 1.807) is 0 Å². The molecule has 1 saturated heterocycles. The first-order valence-electron chi connectivity index (χ1n) is 5.44. The average molecular weight is 262 g/mol. The quantitative estimate of drug-likeness (QED) is 0.764. The highest BCUT2D eigenvalue weighted by atomic mass is 19.4. The average Bonchev–Trinajstić information content (AvgIpc) is 3.12. The molecule has 2 atom stereocenters. The van der Waals surface area contributed by atoms with Gasteiger partial charge in [-0.3, -0.25) is 0 Å². The highest BCUT2D eigenvalue weighted by Gasteiger charge is 2.43. The van der Waals surface area contributed by atoms with Crippen molar-refractivity contribution in [1.29, 1.82) is 0 Å². The van der Waals surface area contributed by atoms with Crippen LogP contribution in [0.15, 0.2) is 24.3 Å². The summed E-state index contributed by atoms with van der Waals surface area (Å²) in [6.07, 6.45) is -6.57. The molecule has 1 aromatic carbocycles. The summed E-state index contributed by atoms with van der Waals surface area (Å²) >= 11 is 0. The molecule has 0 aromatic heterocycles. The van der Waals surface area contributed by atoms with Crippen molar-refractivity contribution in [2.24, 2.45) is 0 Å². The molecule has 1 aliphatic heterocycles. The van der Waals surface area contributed by atoms with Crippen LogP contribution in [0.1, 0.15) is 11.7 Å². The third-order valence-corrected chi connectivity index (χ3v) is 2.57. The number of halogens is 3. The van der Waals surface area contributed by atoms with E-state index in [0.717, 1.165) is 0 Å². The topological polar surface area (TPSA) is 31.0 Å². The van der Waals surface area contributed by atoms with Crippen LogP contribution in [0.2, 0.25) is 0 Å². The number of benzene rings is 1. The lowest BCUT2D eigenvalue weighted by Crippen LogP contribution is -2.25. The lowest BCUT2D eigenvalue weighted by atomic mass is 10.1. The maximum Gasteiger partial charge on any atom is 0.418 e. The maximum atomic E-state index is 12.9. The monoisotopic (exact) mass is 262 g/mol. The Morgan fingerprint density at radius 3 is 2.39 bits per heavy atom. The Balaban J connectivity index is 2.10. The Morgan fingerprint density at radius 1 is 1.33 bits per heavy atom. The number of hydrogen-bond donors (Lipinski definition) is 0. The minimum absolute atomic E-state index is 0.0454. The van der Waals surface area contributed by atoms with Gasteiger partial charge in [-0.25, -0.2) is 0 Å². The summed E-state index contributed by atoms with van der Waals surface area (Å²) in [5.41, 5.74) is 0.0592. The summed E-state index contributed by atoms with van der Waals surface area (Å²) in [7, 11) is 1.46. The summed E-state index contributed by atoms with van der Waals surface area (Å²) in [5.74, 6) is 0.505. The molecule has 6 heteroatoms. The number of epoxide rings is 1. The highest BCUT2D eigenvalue weighted by molar-refractivity contribution is 5.29. The lowest BCUT2D eigenvalue weighted by molar-refractivity contribution is -0.224. The van der Waals surface area contributed by atoms with Crippen LogP contribution in [-0.2, 0) is 9.47 Å². The van der Waals surface area contributed by atoms with Gasteiger partial charge in [0.2, 0.25) is 0 Å². The molecule has 2 rings (SSSR count). The molecule has 0 saturated carbocycles. The van der Waals surface area contributed by atoms with Gasteiger partial charge in [0.1, 0.15) is 11.9 Å². The minimum atomic E-state index is -4.44. The number of alkyl halides is 3. The molecule has 0 amide bonds. The summed E-state index contributed by atoms with van der Waals surface area (Å²) in [6.45, 7) is 0.420. The van der Waals surface area contributed by atoms with Crippen molar-refractivity contribution in [2.75, 3.05) is 20.3 Å². The summed E-state index contributed by atoms with van der Waals surface area (Å²) < 4.78 is 53.2. The first-order valence-corrected chi connectivity index (χ1v) is 5.44. The van der Waals surface area contributed by atoms with Gasteiger partial charge in [0.25, 0.3) is 0 Å². The third-order valence-electron chi connectivity index (χ3n) is 2.57. The fourth-order valence-corrected chi connectivity index (χ4v) is 1.53. The molecule has 0 radical (unpaired) electrons. The summed E-state index contributed by atoms with van der Waals surface area (Å²) in [6, 6.07) is 5.66. The van der Waals surface area contributed by atoms with Gasteiger partial charge in [-0.15, -0.1) is 0 Å². The fourth-order valence-electron chi connectivity index (χ4n) is 1.53. The predicted molar refractivity (Wildman–Crippen MR) is 57.5 cm³/mol. The van der Waals surface area contributed by atoms with E-state index in [9.17, 15) is 13.2 Å². The van der Waals surface area contributed by atoms with E-state index in [1.165, 1.54) is 31.4 Å². The van der Waals surface area contributed by atoms with E-state index in [1.807, 2.05) is 0 Å². The van der Waals surface area contributed by atoms with E-state index in [2.05, 4.69) is 0 Å². The number of hydrogen-bond acceptors (Lipinski definition) is 3. The molecule has 3 nitrogen and oxygen atoms in total. The number of methoxy groups -OCH3 is 1. The van der Waals surface area contributed by atoms with Crippen molar-refractivity contribution in [3.63, 3.8) is 0 Å². The molecule has 0 spiro atoms. The second-order valence-corrected chi connectivity index (χ2v) is 3.98. The van der Waals surface area contributed by atoms with Gasteiger partial charge >= 0.3 is 6.18 Å². The van der Waals surface area contributed by atoms with Gasteiger partial charge in [0.05, 0.1) is 20.3 Å². The number of ether oxygens (including phenoxy) is 3. The zero-order valence-corrected chi connectivity index (χ0v) is 9.74. The van der Waals surface area contributed by atoms with Crippen molar-refractivity contribution < 1.29 is 27.4 Å². The maximum absolute atomic E-state index is 12.9.